The molecule has 102 valence electrons. The van der Waals surface area contributed by atoms with E-state index in [0.717, 1.165) is 44.1 Å². The quantitative estimate of drug-likeness (QED) is 0.906. The van der Waals surface area contributed by atoms with Gasteiger partial charge >= 0.3 is 0 Å². The molecule has 0 aliphatic carbocycles. The zero-order chi connectivity index (χ0) is 13.3. The van der Waals surface area contributed by atoms with Gasteiger partial charge in [-0.05, 0) is 25.8 Å². The summed E-state index contributed by atoms with van der Waals surface area (Å²) >= 11 is 0. The van der Waals surface area contributed by atoms with Crippen molar-refractivity contribution in [1.29, 1.82) is 0 Å². The van der Waals surface area contributed by atoms with Crippen LogP contribution >= 0.6 is 0 Å². The van der Waals surface area contributed by atoms with Gasteiger partial charge in [0.15, 0.2) is 5.82 Å². The Balaban J connectivity index is 1.94. The van der Waals surface area contributed by atoms with E-state index in [4.69, 9.17) is 4.52 Å². The number of nitrogens with zero attached hydrogens (tertiary/aromatic N) is 4. The van der Waals surface area contributed by atoms with Crippen LogP contribution in [-0.2, 0) is 12.5 Å². The highest BCUT2D eigenvalue weighted by Crippen LogP contribution is 2.34. The van der Waals surface area contributed by atoms with Crippen LogP contribution in [0, 0.1) is 0 Å². The maximum atomic E-state index is 5.52. The van der Waals surface area contributed by atoms with Crippen molar-refractivity contribution >= 4 is 0 Å². The first-order valence-corrected chi connectivity index (χ1v) is 6.78. The third-order valence-corrected chi connectivity index (χ3v) is 4.05. The Morgan fingerprint density at radius 3 is 3.05 bits per heavy atom. The summed E-state index contributed by atoms with van der Waals surface area (Å²) in [5.74, 6) is 2.05. The van der Waals surface area contributed by atoms with Crippen LogP contribution in [0.15, 0.2) is 16.9 Å². The van der Waals surface area contributed by atoms with E-state index in [1.807, 2.05) is 17.8 Å². The predicted molar refractivity (Wildman–Crippen MR) is 70.6 cm³/mol. The maximum absolute atomic E-state index is 5.52. The molecule has 3 heterocycles. The lowest BCUT2D eigenvalue weighted by atomic mass is 9.78. The topological polar surface area (TPSA) is 68.8 Å². The van der Waals surface area contributed by atoms with Gasteiger partial charge in [-0.25, -0.2) is 4.98 Å². The molecule has 6 nitrogen and oxygen atoms in total. The van der Waals surface area contributed by atoms with E-state index >= 15 is 0 Å². The van der Waals surface area contributed by atoms with Crippen LogP contribution in [0.5, 0.6) is 0 Å². The summed E-state index contributed by atoms with van der Waals surface area (Å²) in [5.41, 5.74) is -0.0192. The fourth-order valence-corrected chi connectivity index (χ4v) is 2.71. The van der Waals surface area contributed by atoms with Crippen LogP contribution in [0.4, 0.5) is 0 Å². The second-order valence-corrected chi connectivity index (χ2v) is 5.20. The molecule has 0 aromatic carbocycles. The standard InChI is InChI=1S/C13H19N5O/c1-3-13(5-4-6-14-9-13)12-16-10(17-19-12)11-15-7-8-18(11)2/h7-8,14H,3-6,9H2,1-2H3. The van der Waals surface area contributed by atoms with E-state index in [1.165, 1.54) is 0 Å². The molecule has 1 aliphatic heterocycles. The molecule has 0 radical (unpaired) electrons. The molecule has 0 spiro atoms. The second-order valence-electron chi connectivity index (χ2n) is 5.20. The molecule has 2 aromatic rings. The van der Waals surface area contributed by atoms with Crippen LogP contribution in [0.2, 0.25) is 0 Å². The Hall–Kier alpha value is -1.69. The van der Waals surface area contributed by atoms with Crippen molar-refractivity contribution in [2.45, 2.75) is 31.6 Å². The van der Waals surface area contributed by atoms with Crippen molar-refractivity contribution in [2.24, 2.45) is 7.05 Å². The molecule has 1 unspecified atom stereocenters. The van der Waals surface area contributed by atoms with Crippen molar-refractivity contribution in [3.8, 4) is 11.6 Å². The summed E-state index contributed by atoms with van der Waals surface area (Å²) in [4.78, 5) is 8.83. The molecule has 0 amide bonds. The number of nitrogens with one attached hydrogen (secondary N) is 1. The SMILES string of the molecule is CCC1(c2nc(-c3nccn3C)no2)CCCNC1. The Kier molecular flexibility index (Phi) is 3.10. The van der Waals surface area contributed by atoms with Gasteiger partial charge in [0, 0.05) is 26.0 Å². The summed E-state index contributed by atoms with van der Waals surface area (Å²) in [6.45, 7) is 4.16. The minimum Gasteiger partial charge on any atom is -0.338 e. The number of piperidine rings is 1. The number of aryl methyl sites for hydroxylation is 1. The van der Waals surface area contributed by atoms with Crippen LogP contribution in [0.25, 0.3) is 11.6 Å². The molecular formula is C13H19N5O. The summed E-state index contributed by atoms with van der Waals surface area (Å²) in [6, 6.07) is 0. The van der Waals surface area contributed by atoms with E-state index in [1.54, 1.807) is 6.20 Å². The van der Waals surface area contributed by atoms with Gasteiger partial charge in [-0.1, -0.05) is 12.1 Å². The Labute approximate surface area is 112 Å². The summed E-state index contributed by atoms with van der Waals surface area (Å²) in [5, 5.41) is 7.52. The van der Waals surface area contributed by atoms with Crippen molar-refractivity contribution in [3.05, 3.63) is 18.3 Å². The Morgan fingerprint density at radius 1 is 1.53 bits per heavy atom. The van der Waals surface area contributed by atoms with E-state index in [-0.39, 0.29) is 5.41 Å². The van der Waals surface area contributed by atoms with Gasteiger partial charge in [0.05, 0.1) is 5.41 Å². The molecule has 0 bridgehead atoms. The molecule has 1 N–H and O–H groups in total. The fraction of sp³-hybridized carbons (Fsp3) is 0.615. The van der Waals surface area contributed by atoms with Gasteiger partial charge in [-0.2, -0.15) is 4.98 Å². The summed E-state index contributed by atoms with van der Waals surface area (Å²) in [7, 11) is 1.93. The molecule has 1 saturated heterocycles. The highest BCUT2D eigenvalue weighted by Gasteiger charge is 2.37. The molecular weight excluding hydrogens is 242 g/mol. The van der Waals surface area contributed by atoms with E-state index < -0.39 is 0 Å². The van der Waals surface area contributed by atoms with Crippen LogP contribution in [-0.4, -0.2) is 32.8 Å². The molecule has 1 fully saturated rings. The first-order chi connectivity index (χ1) is 9.25. The van der Waals surface area contributed by atoms with E-state index in [2.05, 4.69) is 27.4 Å². The van der Waals surface area contributed by atoms with Crippen LogP contribution < -0.4 is 5.32 Å². The van der Waals surface area contributed by atoms with Gasteiger partial charge in [0.1, 0.15) is 0 Å². The lowest BCUT2D eigenvalue weighted by molar-refractivity contribution is 0.221. The van der Waals surface area contributed by atoms with Gasteiger partial charge in [-0.15, -0.1) is 0 Å². The zero-order valence-electron chi connectivity index (χ0n) is 11.4. The minimum atomic E-state index is -0.0192. The number of rotatable bonds is 3. The minimum absolute atomic E-state index is 0.0192. The third-order valence-electron chi connectivity index (χ3n) is 4.05. The molecule has 19 heavy (non-hydrogen) atoms. The molecule has 2 aromatic heterocycles. The van der Waals surface area contributed by atoms with E-state index in [0.29, 0.717) is 5.82 Å². The highest BCUT2D eigenvalue weighted by atomic mass is 16.5. The van der Waals surface area contributed by atoms with Gasteiger partial charge < -0.3 is 14.4 Å². The lowest BCUT2D eigenvalue weighted by Gasteiger charge is -2.33. The smallest absolute Gasteiger partial charge is 0.238 e. The number of hydrogen-bond acceptors (Lipinski definition) is 5. The summed E-state index contributed by atoms with van der Waals surface area (Å²) in [6.07, 6.45) is 6.86. The third kappa shape index (κ3) is 2.06. The normalized spacial score (nSPS) is 23.7. The van der Waals surface area contributed by atoms with Crippen LogP contribution in [0.3, 0.4) is 0 Å². The first kappa shape index (κ1) is 12.3. The second kappa shape index (κ2) is 4.77. The molecule has 0 saturated carbocycles. The van der Waals surface area contributed by atoms with Crippen molar-refractivity contribution in [3.63, 3.8) is 0 Å². The number of hydrogen-bond donors (Lipinski definition) is 1. The van der Waals surface area contributed by atoms with Gasteiger partial charge in [0.2, 0.25) is 11.7 Å². The van der Waals surface area contributed by atoms with Gasteiger partial charge in [-0.3, -0.25) is 0 Å². The Bertz CT molecular complexity index is 553. The Morgan fingerprint density at radius 2 is 2.42 bits per heavy atom. The molecule has 3 rings (SSSR count). The molecule has 1 atom stereocenters. The lowest BCUT2D eigenvalue weighted by Crippen LogP contribution is -2.43. The fourth-order valence-electron chi connectivity index (χ4n) is 2.71. The molecule has 1 aliphatic rings. The predicted octanol–water partition coefficient (Wildman–Crippen LogP) is 1.50. The first-order valence-electron chi connectivity index (χ1n) is 6.78. The highest BCUT2D eigenvalue weighted by molar-refractivity contribution is 5.42. The van der Waals surface area contributed by atoms with Crippen molar-refractivity contribution in [1.82, 2.24) is 25.0 Å². The van der Waals surface area contributed by atoms with E-state index in [9.17, 15) is 0 Å². The number of aromatic nitrogens is 4. The average Bonchev–Trinajstić information content (AvgIpc) is 3.08. The van der Waals surface area contributed by atoms with Crippen LogP contribution in [0.1, 0.15) is 32.1 Å². The van der Waals surface area contributed by atoms with Gasteiger partial charge in [0.25, 0.3) is 0 Å². The van der Waals surface area contributed by atoms with Crippen molar-refractivity contribution in [2.75, 3.05) is 13.1 Å². The van der Waals surface area contributed by atoms with Crippen molar-refractivity contribution < 1.29 is 4.52 Å². The average molecular weight is 261 g/mol. The maximum Gasteiger partial charge on any atom is 0.238 e. The largest absolute Gasteiger partial charge is 0.338 e. The molecule has 6 heteroatoms. The monoisotopic (exact) mass is 261 g/mol. The zero-order valence-corrected chi connectivity index (χ0v) is 11.4. The number of imidazole rings is 1. The summed E-state index contributed by atoms with van der Waals surface area (Å²) < 4.78 is 7.42.